The first-order valence-electron chi connectivity index (χ1n) is 2.18. The summed E-state index contributed by atoms with van der Waals surface area (Å²) in [4.78, 5) is 25.2. The topological polar surface area (TPSA) is 69.9 Å². The fraction of sp³-hybridized carbons (Fsp3) is 1.00. The average molecular weight is 138 g/mol. The fourth-order valence-corrected chi connectivity index (χ4v) is 0.474. The van der Waals surface area contributed by atoms with Crippen LogP contribution < -0.4 is 0 Å². The van der Waals surface area contributed by atoms with Crippen molar-refractivity contribution < 1.29 is 19.1 Å². The van der Waals surface area contributed by atoms with Crippen molar-refractivity contribution in [3.8, 4) is 0 Å². The molecule has 1 unspecified atom stereocenters. The molecule has 0 aliphatic heterocycles. The van der Waals surface area contributed by atoms with Crippen LogP contribution in [-0.4, -0.2) is 36.0 Å². The third-order valence-corrected chi connectivity index (χ3v) is 2.23. The summed E-state index contributed by atoms with van der Waals surface area (Å²) in [6, 6.07) is 0. The lowest BCUT2D eigenvalue weighted by Gasteiger charge is -2.15. The zero-order valence-electron chi connectivity index (χ0n) is 4.83. The Morgan fingerprint density at radius 2 is 1.75 bits per heavy atom. The van der Waals surface area contributed by atoms with Gasteiger partial charge in [-0.05, 0) is 6.92 Å². The molecule has 0 aliphatic carbocycles. The summed E-state index contributed by atoms with van der Waals surface area (Å²) in [5.41, 5.74) is -0.845. The first-order valence-corrected chi connectivity index (χ1v) is 4.10. The molecule has 0 aliphatic rings. The van der Waals surface area contributed by atoms with E-state index in [1.807, 2.05) is 0 Å². The lowest BCUT2D eigenvalue weighted by atomic mass is 10.9. The molecule has 0 rings (SSSR count). The van der Waals surface area contributed by atoms with Crippen LogP contribution in [0.4, 0.5) is 0 Å². The van der Waals surface area contributed by atoms with Crippen molar-refractivity contribution in [3.05, 3.63) is 0 Å². The number of methoxy groups -OCH3 is 1. The van der Waals surface area contributed by atoms with Crippen LogP contribution in [0.25, 0.3) is 0 Å². The van der Waals surface area contributed by atoms with Crippen LogP contribution in [0.15, 0.2) is 0 Å². The van der Waals surface area contributed by atoms with Crippen molar-refractivity contribution in [3.63, 3.8) is 0 Å². The van der Waals surface area contributed by atoms with Crippen LogP contribution in [0.2, 0.25) is 0 Å². The van der Waals surface area contributed by atoms with Crippen molar-refractivity contribution in [1.82, 2.24) is 0 Å². The highest BCUT2D eigenvalue weighted by molar-refractivity contribution is 6.57. The van der Waals surface area contributed by atoms with E-state index in [1.54, 1.807) is 0 Å². The molecule has 3 N–H and O–H groups in total. The molecule has 0 radical (unpaired) electrons. The van der Waals surface area contributed by atoms with Gasteiger partial charge in [-0.3, -0.25) is 0 Å². The summed E-state index contributed by atoms with van der Waals surface area (Å²) in [6.07, 6.45) is 0. The molecule has 0 bridgehead atoms. The van der Waals surface area contributed by atoms with Crippen molar-refractivity contribution in [2.24, 2.45) is 0 Å². The van der Waals surface area contributed by atoms with Gasteiger partial charge in [-0.25, -0.2) is 0 Å². The largest absolute Gasteiger partial charge is 0.522 e. The molecule has 1 atom stereocenters. The monoisotopic (exact) mass is 138 g/mol. The van der Waals surface area contributed by atoms with Gasteiger partial charge < -0.3 is 19.1 Å². The lowest BCUT2D eigenvalue weighted by molar-refractivity contribution is 0.0876. The molecule has 50 valence electrons. The van der Waals surface area contributed by atoms with Crippen LogP contribution >= 0.6 is 0 Å². The number of hydrogen-bond acceptors (Lipinski definition) is 4. The van der Waals surface area contributed by atoms with E-state index >= 15 is 0 Å². The first kappa shape index (κ1) is 8.06. The number of ether oxygens (including phenoxy) is 1. The van der Waals surface area contributed by atoms with Crippen LogP contribution in [0, 0.1) is 0 Å². The van der Waals surface area contributed by atoms with Crippen LogP contribution in [0.3, 0.4) is 0 Å². The van der Waals surface area contributed by atoms with Gasteiger partial charge in [0.2, 0.25) is 0 Å². The molecule has 5 heteroatoms. The molecule has 0 saturated carbocycles. The third-order valence-electron chi connectivity index (χ3n) is 0.899. The lowest BCUT2D eigenvalue weighted by Crippen LogP contribution is -2.48. The van der Waals surface area contributed by atoms with Crippen molar-refractivity contribution >= 4 is 8.80 Å². The maximum atomic E-state index is 8.41. The maximum Gasteiger partial charge on any atom is 0.522 e. The molecular weight excluding hydrogens is 128 g/mol. The molecule has 0 saturated heterocycles. The molecule has 0 spiro atoms. The number of hydrogen-bond donors (Lipinski definition) is 3. The Morgan fingerprint density at radius 3 is 1.75 bits per heavy atom. The van der Waals surface area contributed by atoms with Crippen LogP contribution in [0.1, 0.15) is 6.92 Å². The predicted molar refractivity (Wildman–Crippen MR) is 28.9 cm³/mol. The SMILES string of the molecule is COC(C)[Si](O)(O)O. The van der Waals surface area contributed by atoms with Gasteiger partial charge in [0.25, 0.3) is 0 Å². The highest BCUT2D eigenvalue weighted by atomic mass is 28.4. The molecule has 0 fully saturated rings. The van der Waals surface area contributed by atoms with Gasteiger partial charge >= 0.3 is 8.80 Å². The normalized spacial score (nSPS) is 16.1. The summed E-state index contributed by atoms with van der Waals surface area (Å²) in [5, 5.41) is 0. The van der Waals surface area contributed by atoms with E-state index in [0.29, 0.717) is 0 Å². The van der Waals surface area contributed by atoms with Crippen molar-refractivity contribution in [2.75, 3.05) is 7.11 Å². The zero-order chi connectivity index (χ0) is 6.78. The summed E-state index contributed by atoms with van der Waals surface area (Å²) < 4.78 is 4.43. The second-order valence-electron chi connectivity index (χ2n) is 1.57. The Morgan fingerprint density at radius 1 is 1.38 bits per heavy atom. The van der Waals surface area contributed by atoms with Gasteiger partial charge in [0.1, 0.15) is 5.73 Å². The third kappa shape index (κ3) is 2.39. The first-order chi connectivity index (χ1) is 3.48. The minimum Gasteiger partial charge on any atom is -0.388 e. The maximum absolute atomic E-state index is 8.41. The van der Waals surface area contributed by atoms with E-state index in [9.17, 15) is 0 Å². The van der Waals surface area contributed by atoms with Crippen LogP contribution in [-0.2, 0) is 4.74 Å². The second kappa shape index (κ2) is 2.56. The standard InChI is InChI=1S/C3H10O4Si/c1-3(7-2)8(4,5)6/h3-6H,1-2H3. The second-order valence-corrected chi connectivity index (χ2v) is 3.75. The van der Waals surface area contributed by atoms with Gasteiger partial charge in [-0.1, -0.05) is 0 Å². The summed E-state index contributed by atoms with van der Waals surface area (Å²) in [5.74, 6) is 0. The molecule has 0 heterocycles. The fourth-order valence-electron chi connectivity index (χ4n) is 0.158. The highest BCUT2D eigenvalue weighted by Crippen LogP contribution is 1.97. The van der Waals surface area contributed by atoms with Crippen LogP contribution in [0.5, 0.6) is 0 Å². The Balaban J connectivity index is 3.62. The Bertz CT molecular complexity index is 68.2. The molecular formula is C3H10O4Si. The van der Waals surface area contributed by atoms with E-state index in [2.05, 4.69) is 4.74 Å². The summed E-state index contributed by atoms with van der Waals surface area (Å²) in [6.45, 7) is 1.40. The van der Waals surface area contributed by atoms with Crippen molar-refractivity contribution in [1.29, 1.82) is 0 Å². The molecule has 8 heavy (non-hydrogen) atoms. The predicted octanol–water partition coefficient (Wildman–Crippen LogP) is -1.52. The minimum atomic E-state index is -3.98. The van der Waals surface area contributed by atoms with Crippen molar-refractivity contribution in [2.45, 2.75) is 12.7 Å². The quantitative estimate of drug-likeness (QED) is 0.405. The van der Waals surface area contributed by atoms with Gasteiger partial charge in [-0.15, -0.1) is 0 Å². The summed E-state index contributed by atoms with van der Waals surface area (Å²) in [7, 11) is -2.68. The van der Waals surface area contributed by atoms with E-state index in [-0.39, 0.29) is 0 Å². The van der Waals surface area contributed by atoms with E-state index < -0.39 is 14.5 Å². The highest BCUT2D eigenvalue weighted by Gasteiger charge is 2.35. The Labute approximate surface area is 48.7 Å². The summed E-state index contributed by atoms with van der Waals surface area (Å²) >= 11 is 0. The Kier molecular flexibility index (Phi) is 2.58. The molecule has 0 aromatic carbocycles. The minimum absolute atomic E-state index is 0.845. The molecule has 0 aromatic rings. The Hall–Kier alpha value is 0.0569. The molecule has 0 aromatic heterocycles. The number of rotatable bonds is 2. The smallest absolute Gasteiger partial charge is 0.388 e. The van der Waals surface area contributed by atoms with E-state index in [1.165, 1.54) is 14.0 Å². The molecule has 4 nitrogen and oxygen atoms in total. The van der Waals surface area contributed by atoms with E-state index in [0.717, 1.165) is 0 Å². The zero-order valence-corrected chi connectivity index (χ0v) is 5.83. The average Bonchev–Trinajstić information content (AvgIpc) is 1.62. The van der Waals surface area contributed by atoms with E-state index in [4.69, 9.17) is 14.4 Å². The van der Waals surface area contributed by atoms with Gasteiger partial charge in [-0.2, -0.15) is 0 Å². The molecule has 0 amide bonds. The van der Waals surface area contributed by atoms with Gasteiger partial charge in [0.15, 0.2) is 0 Å². The van der Waals surface area contributed by atoms with Gasteiger partial charge in [0, 0.05) is 7.11 Å². The van der Waals surface area contributed by atoms with Gasteiger partial charge in [0.05, 0.1) is 0 Å².